The lowest BCUT2D eigenvalue weighted by Gasteiger charge is -2.21. The zero-order valence-corrected chi connectivity index (χ0v) is 8.81. The van der Waals surface area contributed by atoms with Gasteiger partial charge in [-0.1, -0.05) is 6.07 Å². The number of aliphatic carboxylic acids is 1. The molecule has 1 N–H and O–H groups in total. The van der Waals surface area contributed by atoms with Crippen LogP contribution in [0.2, 0.25) is 0 Å². The van der Waals surface area contributed by atoms with E-state index in [1.54, 1.807) is 18.2 Å². The van der Waals surface area contributed by atoms with E-state index in [1.165, 1.54) is 6.20 Å². The average Bonchev–Trinajstić information content (AvgIpc) is 2.15. The van der Waals surface area contributed by atoms with Crippen molar-refractivity contribution in [2.45, 2.75) is 12.7 Å². The Morgan fingerprint density at radius 1 is 1.41 bits per heavy atom. The molecule has 0 radical (unpaired) electrons. The van der Waals surface area contributed by atoms with Crippen LogP contribution in [0.25, 0.3) is 0 Å². The third-order valence-electron chi connectivity index (χ3n) is 1.87. The number of carbonyl (C=O) groups is 1. The Morgan fingerprint density at radius 3 is 2.59 bits per heavy atom. The first-order chi connectivity index (χ1) is 7.87. The minimum absolute atomic E-state index is 0.146. The van der Waals surface area contributed by atoms with E-state index in [-0.39, 0.29) is 6.54 Å². The van der Waals surface area contributed by atoms with E-state index in [0.717, 1.165) is 4.90 Å². The first-order valence-electron chi connectivity index (χ1n) is 4.77. The van der Waals surface area contributed by atoms with Gasteiger partial charge in [0.25, 0.3) is 0 Å². The van der Waals surface area contributed by atoms with Gasteiger partial charge in [0, 0.05) is 12.7 Å². The van der Waals surface area contributed by atoms with Crippen molar-refractivity contribution in [2.75, 3.05) is 13.1 Å². The normalized spacial score (nSPS) is 11.8. The minimum Gasteiger partial charge on any atom is -0.480 e. The molecule has 0 saturated heterocycles. The lowest BCUT2D eigenvalue weighted by atomic mass is 10.3. The van der Waals surface area contributed by atoms with Crippen LogP contribution in [-0.4, -0.2) is 40.2 Å². The highest BCUT2D eigenvalue weighted by Gasteiger charge is 2.31. The van der Waals surface area contributed by atoms with Gasteiger partial charge in [0.15, 0.2) is 0 Å². The fraction of sp³-hybridized carbons (Fsp3) is 0.400. The van der Waals surface area contributed by atoms with Crippen molar-refractivity contribution >= 4 is 5.97 Å². The fourth-order valence-corrected chi connectivity index (χ4v) is 1.33. The Labute approximate surface area is 95.7 Å². The Morgan fingerprint density at radius 2 is 2.12 bits per heavy atom. The summed E-state index contributed by atoms with van der Waals surface area (Å²) in [6.07, 6.45) is -2.98. The summed E-state index contributed by atoms with van der Waals surface area (Å²) in [4.78, 5) is 15.1. The first kappa shape index (κ1) is 13.4. The molecule has 0 saturated carbocycles. The molecule has 94 valence electrons. The van der Waals surface area contributed by atoms with E-state index in [1.807, 2.05) is 0 Å². The standard InChI is InChI=1S/C10H11F3N2O2/c11-10(12,13)7-15(6-9(16)17)5-8-3-1-2-4-14-8/h1-4H,5-7H2,(H,16,17). The quantitative estimate of drug-likeness (QED) is 0.858. The van der Waals surface area contributed by atoms with E-state index in [2.05, 4.69) is 4.98 Å². The molecule has 0 bridgehead atoms. The SMILES string of the molecule is O=C(O)CN(Cc1ccccn1)CC(F)(F)F. The number of nitrogens with zero attached hydrogens (tertiary/aromatic N) is 2. The first-order valence-corrected chi connectivity index (χ1v) is 4.77. The third kappa shape index (κ3) is 5.86. The molecule has 7 heteroatoms. The molecule has 0 fully saturated rings. The molecule has 4 nitrogen and oxygen atoms in total. The van der Waals surface area contributed by atoms with E-state index < -0.39 is 25.2 Å². The highest BCUT2D eigenvalue weighted by molar-refractivity contribution is 5.69. The summed E-state index contributed by atoms with van der Waals surface area (Å²) in [5, 5.41) is 8.53. The zero-order valence-electron chi connectivity index (χ0n) is 8.81. The van der Waals surface area contributed by atoms with Gasteiger partial charge in [-0.2, -0.15) is 13.2 Å². The number of carboxylic acids is 1. The van der Waals surface area contributed by atoms with Crippen LogP contribution in [0.5, 0.6) is 0 Å². The molecule has 1 aromatic rings. The van der Waals surface area contributed by atoms with Crippen LogP contribution in [-0.2, 0) is 11.3 Å². The monoisotopic (exact) mass is 248 g/mol. The second-order valence-corrected chi connectivity index (χ2v) is 3.48. The third-order valence-corrected chi connectivity index (χ3v) is 1.87. The Kier molecular flexibility index (Phi) is 4.45. The molecular formula is C10H11F3N2O2. The average molecular weight is 248 g/mol. The van der Waals surface area contributed by atoms with E-state index in [0.29, 0.717) is 5.69 Å². The van der Waals surface area contributed by atoms with Crippen molar-refractivity contribution in [1.29, 1.82) is 0 Å². The Balaban J connectivity index is 2.67. The van der Waals surface area contributed by atoms with Crippen molar-refractivity contribution in [3.05, 3.63) is 30.1 Å². The van der Waals surface area contributed by atoms with Crippen LogP contribution in [0.1, 0.15) is 5.69 Å². The van der Waals surface area contributed by atoms with Crippen LogP contribution >= 0.6 is 0 Å². The number of hydrogen-bond donors (Lipinski definition) is 1. The molecule has 0 spiro atoms. The number of hydrogen-bond acceptors (Lipinski definition) is 3. The van der Waals surface area contributed by atoms with Crippen molar-refractivity contribution in [3.63, 3.8) is 0 Å². The summed E-state index contributed by atoms with van der Waals surface area (Å²) in [6.45, 7) is -2.08. The van der Waals surface area contributed by atoms with Gasteiger partial charge in [-0.05, 0) is 12.1 Å². The molecule has 1 heterocycles. The smallest absolute Gasteiger partial charge is 0.401 e. The van der Waals surface area contributed by atoms with E-state index >= 15 is 0 Å². The summed E-state index contributed by atoms with van der Waals surface area (Å²) < 4.78 is 36.6. The molecule has 17 heavy (non-hydrogen) atoms. The van der Waals surface area contributed by atoms with Gasteiger partial charge in [0.05, 0.1) is 18.8 Å². The maximum atomic E-state index is 12.2. The molecule has 0 aliphatic heterocycles. The van der Waals surface area contributed by atoms with Gasteiger partial charge in [0.2, 0.25) is 0 Å². The largest absolute Gasteiger partial charge is 0.480 e. The summed E-state index contributed by atoms with van der Waals surface area (Å²) in [5.74, 6) is -1.30. The molecule has 1 aromatic heterocycles. The highest BCUT2D eigenvalue weighted by atomic mass is 19.4. The molecule has 0 atom stereocenters. The Hall–Kier alpha value is -1.63. The summed E-state index contributed by atoms with van der Waals surface area (Å²) in [5.41, 5.74) is 0.401. The molecule has 1 rings (SSSR count). The fourth-order valence-electron chi connectivity index (χ4n) is 1.33. The Bertz CT molecular complexity index is 368. The number of halogens is 3. The molecule has 0 amide bonds. The lowest BCUT2D eigenvalue weighted by molar-refractivity contribution is -0.155. The van der Waals surface area contributed by atoms with Crippen molar-refractivity contribution in [2.24, 2.45) is 0 Å². The highest BCUT2D eigenvalue weighted by Crippen LogP contribution is 2.17. The second kappa shape index (κ2) is 5.62. The van der Waals surface area contributed by atoms with Crippen LogP contribution in [0, 0.1) is 0 Å². The predicted octanol–water partition coefficient (Wildman–Crippen LogP) is 1.53. The predicted molar refractivity (Wildman–Crippen MR) is 53.2 cm³/mol. The second-order valence-electron chi connectivity index (χ2n) is 3.48. The number of carboxylic acid groups (broad SMARTS) is 1. The van der Waals surface area contributed by atoms with Gasteiger partial charge < -0.3 is 5.11 Å². The van der Waals surface area contributed by atoms with Gasteiger partial charge in [0.1, 0.15) is 0 Å². The minimum atomic E-state index is -4.43. The molecule has 0 aliphatic rings. The van der Waals surface area contributed by atoms with Gasteiger partial charge >= 0.3 is 12.1 Å². The van der Waals surface area contributed by atoms with E-state index in [4.69, 9.17) is 5.11 Å². The van der Waals surface area contributed by atoms with Gasteiger partial charge in [-0.25, -0.2) is 0 Å². The topological polar surface area (TPSA) is 53.4 Å². The van der Waals surface area contributed by atoms with Crippen LogP contribution in [0.3, 0.4) is 0 Å². The van der Waals surface area contributed by atoms with Crippen LogP contribution in [0.15, 0.2) is 24.4 Å². The molecule has 0 aliphatic carbocycles. The molecule has 0 unspecified atom stereocenters. The summed E-state index contributed by atoms with van der Waals surface area (Å²) in [6, 6.07) is 4.81. The maximum Gasteiger partial charge on any atom is 0.401 e. The lowest BCUT2D eigenvalue weighted by Crippen LogP contribution is -2.37. The number of pyridine rings is 1. The molecular weight excluding hydrogens is 237 g/mol. The van der Waals surface area contributed by atoms with Crippen molar-refractivity contribution in [1.82, 2.24) is 9.88 Å². The summed E-state index contributed by atoms with van der Waals surface area (Å²) >= 11 is 0. The van der Waals surface area contributed by atoms with E-state index in [9.17, 15) is 18.0 Å². The van der Waals surface area contributed by atoms with Crippen LogP contribution in [0.4, 0.5) is 13.2 Å². The number of rotatable bonds is 5. The summed E-state index contributed by atoms with van der Waals surface area (Å²) in [7, 11) is 0. The molecule has 0 aromatic carbocycles. The van der Waals surface area contributed by atoms with Crippen molar-refractivity contribution < 1.29 is 23.1 Å². The van der Waals surface area contributed by atoms with Gasteiger partial charge in [-0.3, -0.25) is 14.7 Å². The zero-order chi connectivity index (χ0) is 12.9. The van der Waals surface area contributed by atoms with Gasteiger partial charge in [-0.15, -0.1) is 0 Å². The number of alkyl halides is 3. The number of aromatic nitrogens is 1. The maximum absolute atomic E-state index is 12.2. The van der Waals surface area contributed by atoms with Crippen molar-refractivity contribution in [3.8, 4) is 0 Å². The van der Waals surface area contributed by atoms with Crippen LogP contribution < -0.4 is 0 Å².